The van der Waals surface area contributed by atoms with Crippen molar-refractivity contribution in [2.45, 2.75) is 58.2 Å². The summed E-state index contributed by atoms with van der Waals surface area (Å²) in [5.74, 6) is 1.55. The Kier molecular flexibility index (Phi) is 12.3. The highest BCUT2D eigenvalue weighted by Crippen LogP contribution is 2.42. The Morgan fingerprint density at radius 1 is 0.698 bits per heavy atom. The number of benzene rings is 4. The van der Waals surface area contributed by atoms with Crippen LogP contribution in [0.15, 0.2) is 91.1 Å². The molecular formula is C44H51N3O6. The highest BCUT2D eigenvalue weighted by atomic mass is 16.5. The second-order valence-electron chi connectivity index (χ2n) is 13.6. The van der Waals surface area contributed by atoms with Crippen LogP contribution < -0.4 is 23.8 Å². The molecule has 2 heterocycles. The molecule has 0 aliphatic carbocycles. The van der Waals surface area contributed by atoms with Crippen LogP contribution in [0.1, 0.15) is 49.3 Å². The molecular weight excluding hydrogens is 666 g/mol. The molecule has 2 N–H and O–H groups in total. The van der Waals surface area contributed by atoms with Crippen LogP contribution in [0.25, 0.3) is 22.4 Å². The SMILES string of the molecule is CCCCc1ccc(N(Cc2ccc(-c3cc(OC)c(OC)c(OC)c3)cc2)C2CCN(Cc3ccnc(-c4cc(O)c(O)c(OC)c4)c3)CC2)cc1. The van der Waals surface area contributed by atoms with Crippen LogP contribution >= 0.6 is 0 Å². The lowest BCUT2D eigenvalue weighted by molar-refractivity contribution is 0.201. The first-order chi connectivity index (χ1) is 25.8. The summed E-state index contributed by atoms with van der Waals surface area (Å²) in [6, 6.07) is 29.6. The molecule has 9 heteroatoms. The number of piperidine rings is 1. The number of methoxy groups -OCH3 is 4. The molecule has 6 rings (SSSR count). The Bertz CT molecular complexity index is 1930. The minimum Gasteiger partial charge on any atom is -0.504 e. The number of aromatic nitrogens is 1. The van der Waals surface area contributed by atoms with Crippen LogP contribution in [0.5, 0.6) is 34.5 Å². The summed E-state index contributed by atoms with van der Waals surface area (Å²) in [6.07, 6.45) is 7.38. The van der Waals surface area contributed by atoms with Crippen LogP contribution in [0, 0.1) is 0 Å². The molecule has 0 saturated carbocycles. The first-order valence-corrected chi connectivity index (χ1v) is 18.4. The van der Waals surface area contributed by atoms with Crippen molar-refractivity contribution < 1.29 is 29.2 Å². The van der Waals surface area contributed by atoms with E-state index in [1.807, 2.05) is 24.3 Å². The molecule has 0 bridgehead atoms. The maximum atomic E-state index is 10.2. The van der Waals surface area contributed by atoms with Crippen molar-refractivity contribution >= 4 is 5.69 Å². The lowest BCUT2D eigenvalue weighted by Crippen LogP contribution is -2.44. The zero-order valence-electron chi connectivity index (χ0n) is 31.5. The topological polar surface area (TPSA) is 96.8 Å². The van der Waals surface area contributed by atoms with E-state index in [4.69, 9.17) is 18.9 Å². The van der Waals surface area contributed by atoms with Gasteiger partial charge in [0.25, 0.3) is 0 Å². The second-order valence-corrected chi connectivity index (χ2v) is 13.6. The number of pyridine rings is 1. The van der Waals surface area contributed by atoms with Gasteiger partial charge in [0.1, 0.15) is 0 Å². The summed E-state index contributed by atoms with van der Waals surface area (Å²) in [4.78, 5) is 9.63. The number of anilines is 1. The number of likely N-dealkylation sites (tertiary alicyclic amines) is 1. The third-order valence-electron chi connectivity index (χ3n) is 10.2. The molecule has 0 atom stereocenters. The second kappa shape index (κ2) is 17.4. The van der Waals surface area contributed by atoms with Gasteiger partial charge in [-0.05, 0) is 102 Å². The van der Waals surface area contributed by atoms with Gasteiger partial charge in [-0.1, -0.05) is 49.7 Å². The van der Waals surface area contributed by atoms with E-state index in [9.17, 15) is 10.2 Å². The van der Waals surface area contributed by atoms with Gasteiger partial charge in [-0.3, -0.25) is 9.88 Å². The summed E-state index contributed by atoms with van der Waals surface area (Å²) < 4.78 is 22.0. The van der Waals surface area contributed by atoms with Gasteiger partial charge in [-0.15, -0.1) is 0 Å². The molecule has 278 valence electrons. The van der Waals surface area contributed by atoms with Crippen molar-refractivity contribution in [1.29, 1.82) is 0 Å². The van der Waals surface area contributed by atoms with Gasteiger partial charge in [0.2, 0.25) is 11.5 Å². The number of hydrogen-bond donors (Lipinski definition) is 2. The Balaban J connectivity index is 1.17. The third kappa shape index (κ3) is 8.80. The van der Waals surface area contributed by atoms with Gasteiger partial charge in [0.15, 0.2) is 23.0 Å². The van der Waals surface area contributed by atoms with E-state index >= 15 is 0 Å². The molecule has 1 aliphatic rings. The van der Waals surface area contributed by atoms with E-state index in [-0.39, 0.29) is 17.2 Å². The van der Waals surface area contributed by atoms with Crippen LogP contribution in [0.2, 0.25) is 0 Å². The number of aromatic hydroxyl groups is 2. The van der Waals surface area contributed by atoms with Crippen molar-refractivity contribution in [3.63, 3.8) is 0 Å². The monoisotopic (exact) mass is 717 g/mol. The standard InChI is InChI=1S/C44H51N3O6/c1-6-7-8-30-11-15-36(16-12-30)47(29-31-9-13-33(14-10-31)34-25-41(51-3)44(53-5)42(26-34)52-4)37-18-21-46(22-19-37)28-32-17-20-45-38(23-32)35-24-39(48)43(49)40(27-35)50-2/h9-17,20,23-27,37,48-49H,6-8,18-19,21-22,28-29H2,1-5H3. The van der Waals surface area contributed by atoms with E-state index in [1.54, 1.807) is 33.6 Å². The molecule has 1 fully saturated rings. The Hall–Kier alpha value is -5.41. The minimum atomic E-state index is -0.274. The van der Waals surface area contributed by atoms with Gasteiger partial charge < -0.3 is 34.1 Å². The normalized spacial score (nSPS) is 13.5. The number of phenols is 2. The molecule has 5 aromatic rings. The van der Waals surface area contributed by atoms with Crippen LogP contribution in [-0.4, -0.2) is 67.7 Å². The molecule has 53 heavy (non-hydrogen) atoms. The summed E-state index contributed by atoms with van der Waals surface area (Å²) in [7, 11) is 6.36. The minimum absolute atomic E-state index is 0.212. The molecule has 0 unspecified atom stereocenters. The number of rotatable bonds is 15. The molecule has 1 aliphatic heterocycles. The van der Waals surface area contributed by atoms with E-state index in [2.05, 4.69) is 70.2 Å². The molecule has 4 aromatic carbocycles. The van der Waals surface area contributed by atoms with E-state index in [0.29, 0.717) is 28.9 Å². The number of unbranched alkanes of at least 4 members (excludes halogenated alkanes) is 1. The summed E-state index contributed by atoms with van der Waals surface area (Å²) in [5, 5.41) is 20.3. The Labute approximate surface area is 313 Å². The number of hydrogen-bond acceptors (Lipinski definition) is 9. The number of aryl methyl sites for hydroxylation is 1. The Morgan fingerprint density at radius 2 is 1.34 bits per heavy atom. The summed E-state index contributed by atoms with van der Waals surface area (Å²) in [6.45, 7) is 5.80. The molecule has 0 amide bonds. The van der Waals surface area contributed by atoms with Crippen LogP contribution in [0.4, 0.5) is 5.69 Å². The number of nitrogens with zero attached hydrogens (tertiary/aromatic N) is 3. The van der Waals surface area contributed by atoms with Gasteiger partial charge >= 0.3 is 0 Å². The highest BCUT2D eigenvalue weighted by Gasteiger charge is 2.26. The summed E-state index contributed by atoms with van der Waals surface area (Å²) >= 11 is 0. The zero-order chi connectivity index (χ0) is 37.3. The predicted octanol–water partition coefficient (Wildman–Crippen LogP) is 8.88. The van der Waals surface area contributed by atoms with Crippen molar-refractivity contribution in [3.05, 3.63) is 108 Å². The smallest absolute Gasteiger partial charge is 0.203 e. The van der Waals surface area contributed by atoms with Crippen molar-refractivity contribution in [1.82, 2.24) is 9.88 Å². The first kappa shape index (κ1) is 37.4. The lowest BCUT2D eigenvalue weighted by atomic mass is 9.98. The average Bonchev–Trinajstić information content (AvgIpc) is 3.20. The molecule has 0 radical (unpaired) electrons. The average molecular weight is 718 g/mol. The summed E-state index contributed by atoms with van der Waals surface area (Å²) in [5.41, 5.74) is 8.52. The fraction of sp³-hybridized carbons (Fsp3) is 0.341. The van der Waals surface area contributed by atoms with Crippen molar-refractivity contribution in [3.8, 4) is 56.9 Å². The van der Waals surface area contributed by atoms with Crippen LogP contribution in [-0.2, 0) is 19.5 Å². The fourth-order valence-electron chi connectivity index (χ4n) is 7.19. The third-order valence-corrected chi connectivity index (χ3v) is 10.2. The fourth-order valence-corrected chi connectivity index (χ4v) is 7.19. The van der Waals surface area contributed by atoms with Crippen LogP contribution in [0.3, 0.4) is 0 Å². The van der Waals surface area contributed by atoms with Crippen molar-refractivity contribution in [2.75, 3.05) is 46.4 Å². The molecule has 9 nitrogen and oxygen atoms in total. The van der Waals surface area contributed by atoms with E-state index in [1.165, 1.54) is 42.8 Å². The first-order valence-electron chi connectivity index (χ1n) is 18.4. The predicted molar refractivity (Wildman–Crippen MR) is 211 cm³/mol. The van der Waals surface area contributed by atoms with Gasteiger partial charge in [0.05, 0.1) is 34.1 Å². The number of phenolic OH excluding ortho intramolecular Hbond substituents is 2. The molecule has 0 spiro atoms. The molecule has 1 saturated heterocycles. The number of ether oxygens (including phenoxy) is 4. The quantitative estimate of drug-likeness (QED) is 0.103. The highest BCUT2D eigenvalue weighted by molar-refractivity contribution is 5.71. The Morgan fingerprint density at radius 3 is 1.96 bits per heavy atom. The largest absolute Gasteiger partial charge is 0.504 e. The maximum absolute atomic E-state index is 10.2. The van der Waals surface area contributed by atoms with E-state index < -0.39 is 0 Å². The van der Waals surface area contributed by atoms with Gasteiger partial charge in [-0.25, -0.2) is 0 Å². The van der Waals surface area contributed by atoms with Gasteiger partial charge in [-0.2, -0.15) is 0 Å². The zero-order valence-corrected chi connectivity index (χ0v) is 31.5. The van der Waals surface area contributed by atoms with Gasteiger partial charge in [0, 0.05) is 49.7 Å². The maximum Gasteiger partial charge on any atom is 0.203 e. The lowest BCUT2D eigenvalue weighted by Gasteiger charge is -2.40. The molecule has 1 aromatic heterocycles. The van der Waals surface area contributed by atoms with E-state index in [0.717, 1.165) is 67.8 Å². The van der Waals surface area contributed by atoms with Crippen molar-refractivity contribution in [2.24, 2.45) is 0 Å².